The Morgan fingerprint density at radius 3 is 2.83 bits per heavy atom. The van der Waals surface area contributed by atoms with Gasteiger partial charge in [-0.3, -0.25) is 4.79 Å². The van der Waals surface area contributed by atoms with Gasteiger partial charge in [0.25, 0.3) is 0 Å². The van der Waals surface area contributed by atoms with E-state index in [0.29, 0.717) is 6.61 Å². The summed E-state index contributed by atoms with van der Waals surface area (Å²) in [6.45, 7) is 0.499. The van der Waals surface area contributed by atoms with Gasteiger partial charge in [-0.15, -0.1) is 12.3 Å². The maximum atomic E-state index is 10.9. The quantitative estimate of drug-likeness (QED) is 0.266. The van der Waals surface area contributed by atoms with E-state index in [4.69, 9.17) is 11.2 Å². The highest BCUT2D eigenvalue weighted by molar-refractivity contribution is 5.80. The van der Waals surface area contributed by atoms with Gasteiger partial charge in [-0.2, -0.15) is 0 Å². The first kappa shape index (κ1) is 8.86. The van der Waals surface area contributed by atoms with Crippen molar-refractivity contribution in [2.45, 2.75) is 19.3 Å². The van der Waals surface area contributed by atoms with Crippen molar-refractivity contribution in [3.63, 3.8) is 0 Å². The normalized spacial score (nSPS) is 13.9. The molecule has 2 nitrogen and oxygen atoms in total. The molecule has 64 valence electrons. The van der Waals surface area contributed by atoms with E-state index in [-0.39, 0.29) is 11.9 Å². The summed E-state index contributed by atoms with van der Waals surface area (Å²) in [5, 5.41) is 0. The highest BCUT2D eigenvalue weighted by Gasteiger charge is 2.21. The van der Waals surface area contributed by atoms with Crippen LogP contribution in [0, 0.1) is 18.3 Å². The second-order valence-corrected chi connectivity index (χ2v) is 2.74. The number of hydrogen-bond acceptors (Lipinski definition) is 2. The summed E-state index contributed by atoms with van der Waals surface area (Å²) < 4.78 is 4.94. The molecule has 0 bridgehead atoms. The molecule has 0 spiro atoms. The van der Waals surface area contributed by atoms with E-state index < -0.39 is 0 Å². The molecular weight excluding hydrogens is 152 g/mol. The van der Waals surface area contributed by atoms with Crippen molar-refractivity contribution in [3.8, 4) is 12.3 Å². The summed E-state index contributed by atoms with van der Waals surface area (Å²) in [5.74, 6) is 2.38. The second-order valence-electron chi connectivity index (χ2n) is 2.74. The first-order valence-corrected chi connectivity index (χ1v) is 4.13. The molecule has 0 amide bonds. The minimum atomic E-state index is -0.129. The van der Waals surface area contributed by atoms with Crippen LogP contribution in [0.5, 0.6) is 0 Å². The van der Waals surface area contributed by atoms with Gasteiger partial charge in [0.2, 0.25) is 0 Å². The SMILES string of the molecule is C#CCCCCOC(=O)C1C=C1. The Labute approximate surface area is 72.6 Å². The van der Waals surface area contributed by atoms with Crippen LogP contribution in [0.4, 0.5) is 0 Å². The number of carbonyl (C=O) groups is 1. The van der Waals surface area contributed by atoms with Crippen molar-refractivity contribution in [1.82, 2.24) is 0 Å². The molecular formula is C10H12O2. The van der Waals surface area contributed by atoms with Crippen LogP contribution in [0.25, 0.3) is 0 Å². The van der Waals surface area contributed by atoms with Crippen LogP contribution >= 0.6 is 0 Å². The topological polar surface area (TPSA) is 26.3 Å². The Hall–Kier alpha value is -1.23. The predicted octanol–water partition coefficient (Wildman–Crippen LogP) is 1.52. The van der Waals surface area contributed by atoms with Crippen molar-refractivity contribution < 1.29 is 9.53 Å². The zero-order valence-corrected chi connectivity index (χ0v) is 6.95. The highest BCUT2D eigenvalue weighted by Crippen LogP contribution is 2.17. The molecule has 0 saturated heterocycles. The number of ether oxygens (including phenoxy) is 1. The molecule has 1 rings (SSSR count). The fourth-order valence-corrected chi connectivity index (χ4v) is 0.811. The predicted molar refractivity (Wildman–Crippen MR) is 46.3 cm³/mol. The summed E-state index contributed by atoms with van der Waals surface area (Å²) in [7, 11) is 0. The van der Waals surface area contributed by atoms with Crippen LogP contribution in [0.1, 0.15) is 19.3 Å². The van der Waals surface area contributed by atoms with Crippen molar-refractivity contribution >= 4 is 5.97 Å². The van der Waals surface area contributed by atoms with Gasteiger partial charge in [0.15, 0.2) is 0 Å². The molecule has 0 heterocycles. The number of esters is 1. The molecule has 0 aromatic rings. The van der Waals surface area contributed by atoms with Crippen LogP contribution in [0.15, 0.2) is 12.2 Å². The third-order valence-electron chi connectivity index (χ3n) is 1.62. The lowest BCUT2D eigenvalue weighted by Gasteiger charge is -2.01. The Balaban J connectivity index is 1.88. The fraction of sp³-hybridized carbons (Fsp3) is 0.500. The van der Waals surface area contributed by atoms with E-state index in [1.807, 2.05) is 12.2 Å². The van der Waals surface area contributed by atoms with Crippen molar-refractivity contribution in [2.75, 3.05) is 6.61 Å². The summed E-state index contributed by atoms with van der Waals surface area (Å²) in [6, 6.07) is 0. The van der Waals surface area contributed by atoms with Gasteiger partial charge in [-0.05, 0) is 12.8 Å². The van der Waals surface area contributed by atoms with E-state index in [9.17, 15) is 4.79 Å². The number of terminal acetylenes is 1. The van der Waals surface area contributed by atoms with Gasteiger partial charge in [0.05, 0.1) is 12.5 Å². The Morgan fingerprint density at radius 2 is 2.25 bits per heavy atom. The maximum Gasteiger partial charge on any atom is 0.316 e. The van der Waals surface area contributed by atoms with E-state index in [2.05, 4.69) is 5.92 Å². The molecule has 0 aliphatic heterocycles. The van der Waals surface area contributed by atoms with Gasteiger partial charge in [0.1, 0.15) is 0 Å². The van der Waals surface area contributed by atoms with Crippen LogP contribution in [-0.4, -0.2) is 12.6 Å². The van der Waals surface area contributed by atoms with Gasteiger partial charge in [0, 0.05) is 6.42 Å². The third kappa shape index (κ3) is 3.25. The first-order chi connectivity index (χ1) is 5.84. The van der Waals surface area contributed by atoms with E-state index >= 15 is 0 Å². The lowest BCUT2D eigenvalue weighted by Crippen LogP contribution is -2.08. The van der Waals surface area contributed by atoms with E-state index in [0.717, 1.165) is 19.3 Å². The number of carbonyl (C=O) groups excluding carboxylic acids is 1. The third-order valence-corrected chi connectivity index (χ3v) is 1.62. The fourth-order valence-electron chi connectivity index (χ4n) is 0.811. The van der Waals surface area contributed by atoms with Gasteiger partial charge in [-0.25, -0.2) is 0 Å². The Kier molecular flexibility index (Phi) is 3.40. The summed E-state index contributed by atoms with van der Waals surface area (Å²) >= 11 is 0. The molecule has 0 saturated carbocycles. The molecule has 1 aliphatic rings. The van der Waals surface area contributed by atoms with Crippen LogP contribution < -0.4 is 0 Å². The average molecular weight is 164 g/mol. The molecule has 0 fully saturated rings. The average Bonchev–Trinajstić information content (AvgIpc) is 2.86. The van der Waals surface area contributed by atoms with Crippen molar-refractivity contribution in [3.05, 3.63) is 12.2 Å². The highest BCUT2D eigenvalue weighted by atomic mass is 16.5. The van der Waals surface area contributed by atoms with E-state index in [1.165, 1.54) is 0 Å². The summed E-state index contributed by atoms with van der Waals surface area (Å²) in [5.41, 5.74) is 0. The molecule has 0 N–H and O–H groups in total. The van der Waals surface area contributed by atoms with Crippen LogP contribution in [-0.2, 0) is 9.53 Å². The van der Waals surface area contributed by atoms with Gasteiger partial charge in [-0.1, -0.05) is 12.2 Å². The lowest BCUT2D eigenvalue weighted by molar-refractivity contribution is -0.144. The maximum absolute atomic E-state index is 10.9. The largest absolute Gasteiger partial charge is 0.465 e. The standard InChI is InChI=1S/C10H12O2/c1-2-3-4-5-8-12-10(11)9-6-7-9/h1,6-7,9H,3-5,8H2. The summed E-state index contributed by atoms with van der Waals surface area (Å²) in [4.78, 5) is 10.9. The number of unbranched alkanes of at least 4 members (excludes halogenated alkanes) is 2. The van der Waals surface area contributed by atoms with Crippen LogP contribution in [0.3, 0.4) is 0 Å². The van der Waals surface area contributed by atoms with Crippen molar-refractivity contribution in [1.29, 1.82) is 0 Å². The van der Waals surface area contributed by atoms with Gasteiger partial charge < -0.3 is 4.74 Å². The van der Waals surface area contributed by atoms with Gasteiger partial charge >= 0.3 is 5.97 Å². The number of hydrogen-bond donors (Lipinski definition) is 0. The van der Waals surface area contributed by atoms with Crippen molar-refractivity contribution in [2.24, 2.45) is 5.92 Å². The molecule has 0 aromatic carbocycles. The summed E-state index contributed by atoms with van der Waals surface area (Å²) in [6.07, 6.45) is 11.3. The smallest absolute Gasteiger partial charge is 0.316 e. The molecule has 1 aliphatic carbocycles. The molecule has 12 heavy (non-hydrogen) atoms. The van der Waals surface area contributed by atoms with E-state index in [1.54, 1.807) is 0 Å². The Morgan fingerprint density at radius 1 is 1.50 bits per heavy atom. The molecule has 2 heteroatoms. The minimum absolute atomic E-state index is 0.0300. The minimum Gasteiger partial charge on any atom is -0.465 e. The molecule has 0 aromatic heterocycles. The second kappa shape index (κ2) is 4.61. The molecule has 0 radical (unpaired) electrons. The lowest BCUT2D eigenvalue weighted by atomic mass is 10.2. The molecule has 0 unspecified atom stereocenters. The first-order valence-electron chi connectivity index (χ1n) is 4.13. The zero-order valence-electron chi connectivity index (χ0n) is 6.95. The number of rotatable bonds is 5. The zero-order chi connectivity index (χ0) is 8.81. The molecule has 0 atom stereocenters. The Bertz CT molecular complexity index is 216. The van der Waals surface area contributed by atoms with Crippen LogP contribution in [0.2, 0.25) is 0 Å². The monoisotopic (exact) mass is 164 g/mol.